The third-order valence-corrected chi connectivity index (χ3v) is 5.18. The maximum atomic E-state index is 12.7. The molecule has 160 valence electrons. The van der Waals surface area contributed by atoms with E-state index in [-0.39, 0.29) is 46.3 Å². The van der Waals surface area contributed by atoms with Crippen LogP contribution in [-0.2, 0) is 11.3 Å². The molecule has 1 heterocycles. The van der Waals surface area contributed by atoms with Gasteiger partial charge in [-0.1, -0.05) is 18.2 Å². The molecule has 11 nitrogen and oxygen atoms in total. The van der Waals surface area contributed by atoms with Crippen LogP contribution in [0.3, 0.4) is 0 Å². The predicted octanol–water partition coefficient (Wildman–Crippen LogP) is 3.84. The number of hydrogen-bond donors (Lipinski definition) is 1. The number of amides is 2. The van der Waals surface area contributed by atoms with Gasteiger partial charge in [0.25, 0.3) is 22.5 Å². The lowest BCUT2D eigenvalue weighted by atomic mass is 10.1. The summed E-state index contributed by atoms with van der Waals surface area (Å²) < 4.78 is 5.20. The lowest BCUT2D eigenvalue weighted by Gasteiger charge is -2.12. The van der Waals surface area contributed by atoms with Crippen LogP contribution in [0.5, 0.6) is 11.5 Å². The second-order valence-electron chi connectivity index (χ2n) is 6.23. The van der Waals surface area contributed by atoms with Crippen LogP contribution in [0.25, 0.3) is 6.08 Å². The van der Waals surface area contributed by atoms with Crippen LogP contribution >= 0.6 is 11.8 Å². The Hall–Kier alpha value is -3.93. The number of hydrogen-bond acceptors (Lipinski definition) is 9. The van der Waals surface area contributed by atoms with Gasteiger partial charge in [-0.15, -0.1) is 0 Å². The summed E-state index contributed by atoms with van der Waals surface area (Å²) >= 11 is 0.559. The van der Waals surface area contributed by atoms with E-state index in [4.69, 9.17) is 4.74 Å². The molecule has 12 heteroatoms. The van der Waals surface area contributed by atoms with Gasteiger partial charge in [-0.25, -0.2) is 0 Å². The summed E-state index contributed by atoms with van der Waals surface area (Å²) in [7, 11) is 0. The average molecular weight is 445 g/mol. The molecule has 2 amide bonds. The number of thioether (sulfide) groups is 1. The molecule has 1 aliphatic heterocycles. The minimum atomic E-state index is -0.739. The van der Waals surface area contributed by atoms with Crippen molar-refractivity contribution in [1.29, 1.82) is 0 Å². The van der Waals surface area contributed by atoms with Crippen molar-refractivity contribution >= 4 is 40.4 Å². The van der Waals surface area contributed by atoms with Gasteiger partial charge in [0, 0.05) is 23.3 Å². The molecule has 0 aliphatic carbocycles. The molecule has 2 aromatic rings. The Balaban J connectivity index is 1.96. The molecule has 3 rings (SSSR count). The van der Waals surface area contributed by atoms with Crippen LogP contribution in [0.4, 0.5) is 16.2 Å². The number of non-ortho nitro benzene ring substituents is 1. The summed E-state index contributed by atoms with van der Waals surface area (Å²) in [6.45, 7) is 1.46. The molecule has 0 bridgehead atoms. The Morgan fingerprint density at radius 1 is 1.16 bits per heavy atom. The summed E-state index contributed by atoms with van der Waals surface area (Å²) in [6, 6.07) is 7.82. The molecule has 0 unspecified atom stereocenters. The van der Waals surface area contributed by atoms with Crippen LogP contribution in [0.15, 0.2) is 41.3 Å². The molecule has 0 saturated carbocycles. The standard InChI is InChI=1S/C19H15N3O8S/c1-2-30-15-9-13(21(26)27)7-12(17(15)23)8-16-18(24)20(19(25)31-16)10-11-5-3-4-6-14(11)22(28)29/h3-9,23H,2,10H2,1H3/b16-8-. The van der Waals surface area contributed by atoms with Crippen molar-refractivity contribution in [1.82, 2.24) is 4.90 Å². The number of nitro benzene ring substituents is 2. The van der Waals surface area contributed by atoms with Crippen LogP contribution in [-0.4, -0.2) is 37.6 Å². The second kappa shape index (κ2) is 8.83. The molecule has 1 saturated heterocycles. The number of para-hydroxylation sites is 1. The van der Waals surface area contributed by atoms with Crippen molar-refractivity contribution in [2.24, 2.45) is 0 Å². The number of carbonyl (C=O) groups is 2. The van der Waals surface area contributed by atoms with Gasteiger partial charge in [0.2, 0.25) is 0 Å². The summed E-state index contributed by atoms with van der Waals surface area (Å²) in [5.41, 5.74) is -0.503. The number of imide groups is 1. The Labute approximate surface area is 179 Å². The summed E-state index contributed by atoms with van der Waals surface area (Å²) in [5.74, 6) is -1.29. The fourth-order valence-electron chi connectivity index (χ4n) is 2.87. The lowest BCUT2D eigenvalue weighted by Crippen LogP contribution is -2.27. The number of ether oxygens (including phenoxy) is 1. The number of benzene rings is 2. The van der Waals surface area contributed by atoms with E-state index in [9.17, 15) is 34.9 Å². The maximum Gasteiger partial charge on any atom is 0.293 e. The third-order valence-electron chi connectivity index (χ3n) is 4.28. The first-order chi connectivity index (χ1) is 14.7. The molecule has 31 heavy (non-hydrogen) atoms. The highest BCUT2D eigenvalue weighted by atomic mass is 32.2. The van der Waals surface area contributed by atoms with Crippen molar-refractivity contribution in [3.8, 4) is 11.5 Å². The van der Waals surface area contributed by atoms with Gasteiger partial charge >= 0.3 is 0 Å². The molecular formula is C19H15N3O8S. The summed E-state index contributed by atoms with van der Waals surface area (Å²) in [5, 5.41) is 32.0. The zero-order chi connectivity index (χ0) is 22.7. The highest BCUT2D eigenvalue weighted by molar-refractivity contribution is 8.18. The molecule has 2 aromatic carbocycles. The van der Waals surface area contributed by atoms with E-state index >= 15 is 0 Å². The molecule has 0 atom stereocenters. The van der Waals surface area contributed by atoms with Gasteiger partial charge in [0.1, 0.15) is 0 Å². The Morgan fingerprint density at radius 2 is 1.87 bits per heavy atom. The van der Waals surface area contributed by atoms with E-state index < -0.39 is 26.7 Å². The van der Waals surface area contributed by atoms with Crippen molar-refractivity contribution < 1.29 is 29.3 Å². The zero-order valence-corrected chi connectivity index (χ0v) is 16.8. The predicted molar refractivity (Wildman–Crippen MR) is 111 cm³/mol. The van der Waals surface area contributed by atoms with Crippen LogP contribution in [0.1, 0.15) is 18.1 Å². The highest BCUT2D eigenvalue weighted by Crippen LogP contribution is 2.40. The van der Waals surface area contributed by atoms with Crippen LogP contribution in [0.2, 0.25) is 0 Å². The topological polar surface area (TPSA) is 153 Å². The highest BCUT2D eigenvalue weighted by Gasteiger charge is 2.36. The van der Waals surface area contributed by atoms with E-state index in [0.29, 0.717) is 11.8 Å². The number of carbonyl (C=O) groups excluding carboxylic acids is 2. The summed E-state index contributed by atoms with van der Waals surface area (Å²) in [4.78, 5) is 46.9. The van der Waals surface area contributed by atoms with Gasteiger partial charge in [-0.05, 0) is 24.8 Å². The fourth-order valence-corrected chi connectivity index (χ4v) is 3.69. The Morgan fingerprint density at radius 3 is 2.52 bits per heavy atom. The van der Waals surface area contributed by atoms with Crippen molar-refractivity contribution in [2.75, 3.05) is 6.61 Å². The van der Waals surface area contributed by atoms with E-state index in [1.165, 1.54) is 18.2 Å². The fraction of sp³-hybridized carbons (Fsp3) is 0.158. The largest absolute Gasteiger partial charge is 0.504 e. The van der Waals surface area contributed by atoms with Crippen molar-refractivity contribution in [3.63, 3.8) is 0 Å². The van der Waals surface area contributed by atoms with Crippen LogP contribution in [0, 0.1) is 20.2 Å². The second-order valence-corrected chi connectivity index (χ2v) is 7.22. The zero-order valence-electron chi connectivity index (χ0n) is 16.0. The SMILES string of the molecule is CCOc1cc([N+](=O)[O-])cc(/C=C2\SC(=O)N(Cc3ccccc3[N+](=O)[O-])C2=O)c1O. The van der Waals surface area contributed by atoms with E-state index in [2.05, 4.69) is 0 Å². The summed E-state index contributed by atoms with van der Waals surface area (Å²) in [6.07, 6.45) is 1.15. The molecule has 1 fully saturated rings. The normalized spacial score (nSPS) is 14.9. The monoisotopic (exact) mass is 445 g/mol. The number of rotatable bonds is 7. The third kappa shape index (κ3) is 4.48. The molecule has 1 aliphatic rings. The first-order valence-corrected chi connectivity index (χ1v) is 9.66. The Kier molecular flexibility index (Phi) is 6.20. The van der Waals surface area contributed by atoms with Crippen LogP contribution < -0.4 is 4.74 Å². The lowest BCUT2D eigenvalue weighted by molar-refractivity contribution is -0.385. The van der Waals surface area contributed by atoms with E-state index in [1.807, 2.05) is 0 Å². The van der Waals surface area contributed by atoms with E-state index in [0.717, 1.165) is 23.1 Å². The van der Waals surface area contributed by atoms with Gasteiger partial charge in [0.05, 0.1) is 34.0 Å². The molecule has 0 aromatic heterocycles. The maximum absolute atomic E-state index is 12.7. The molecule has 0 spiro atoms. The number of nitro groups is 2. The number of aromatic hydroxyl groups is 1. The first-order valence-electron chi connectivity index (χ1n) is 8.84. The number of phenolic OH excluding ortho intramolecular Hbond substituents is 1. The van der Waals surface area contributed by atoms with Crippen molar-refractivity contribution in [3.05, 3.63) is 72.7 Å². The first kappa shape index (κ1) is 21.8. The number of phenols is 1. The number of nitrogens with zero attached hydrogens (tertiary/aromatic N) is 3. The minimum Gasteiger partial charge on any atom is -0.504 e. The quantitative estimate of drug-likeness (QED) is 0.380. The van der Waals surface area contributed by atoms with Gasteiger partial charge in [-0.3, -0.25) is 34.7 Å². The average Bonchev–Trinajstić information content (AvgIpc) is 2.98. The van der Waals surface area contributed by atoms with Gasteiger partial charge in [-0.2, -0.15) is 0 Å². The van der Waals surface area contributed by atoms with Gasteiger partial charge < -0.3 is 9.84 Å². The van der Waals surface area contributed by atoms with Crippen molar-refractivity contribution in [2.45, 2.75) is 13.5 Å². The molecular weight excluding hydrogens is 430 g/mol. The minimum absolute atomic E-state index is 0.0751. The smallest absolute Gasteiger partial charge is 0.293 e. The Bertz CT molecular complexity index is 1130. The molecule has 1 N–H and O–H groups in total. The van der Waals surface area contributed by atoms with E-state index in [1.54, 1.807) is 13.0 Å². The molecule has 0 radical (unpaired) electrons. The van der Waals surface area contributed by atoms with Gasteiger partial charge in [0.15, 0.2) is 11.5 Å².